The topological polar surface area (TPSA) is 110 Å². The van der Waals surface area contributed by atoms with Gasteiger partial charge in [0, 0.05) is 23.0 Å². The van der Waals surface area contributed by atoms with Crippen molar-refractivity contribution in [2.24, 2.45) is 11.7 Å². The molecule has 2 bridgehead atoms. The quantitative estimate of drug-likeness (QED) is 0.368. The first-order chi connectivity index (χ1) is 11.7. The standard InChI is InChI=1S/C18H16N4O2/c19-21-17(23)15-13-9-5-1-2-6-10(9)14(16(15)18(24)22-20)12-8-4-3-7-11(12)13/h1-8,13-14H,19-20H2,(H,21,23)(H,22,24). The minimum absolute atomic E-state index is 0.335. The van der Waals surface area contributed by atoms with Gasteiger partial charge in [-0.1, -0.05) is 48.5 Å². The first kappa shape index (κ1) is 14.6. The van der Waals surface area contributed by atoms with Gasteiger partial charge in [-0.05, 0) is 22.3 Å². The molecule has 6 heteroatoms. The lowest BCUT2D eigenvalue weighted by molar-refractivity contribution is -0.120. The number of nitrogens with two attached hydrogens (primary N) is 2. The van der Waals surface area contributed by atoms with Gasteiger partial charge in [-0.15, -0.1) is 0 Å². The molecule has 3 aliphatic carbocycles. The van der Waals surface area contributed by atoms with Gasteiger partial charge in [0.1, 0.15) is 0 Å². The van der Waals surface area contributed by atoms with Crippen molar-refractivity contribution in [1.29, 1.82) is 0 Å². The molecule has 0 atom stereocenters. The van der Waals surface area contributed by atoms with E-state index >= 15 is 0 Å². The second kappa shape index (κ2) is 5.30. The van der Waals surface area contributed by atoms with E-state index in [9.17, 15) is 9.59 Å². The van der Waals surface area contributed by atoms with Crippen LogP contribution in [-0.4, -0.2) is 11.8 Å². The largest absolute Gasteiger partial charge is 0.290 e. The van der Waals surface area contributed by atoms with Gasteiger partial charge in [0.2, 0.25) is 0 Å². The molecule has 0 spiro atoms. The van der Waals surface area contributed by atoms with Crippen LogP contribution in [0, 0.1) is 0 Å². The number of hydrogen-bond acceptors (Lipinski definition) is 4. The van der Waals surface area contributed by atoms with Crippen LogP contribution in [0.1, 0.15) is 34.1 Å². The Morgan fingerprint density at radius 1 is 0.667 bits per heavy atom. The molecule has 24 heavy (non-hydrogen) atoms. The number of hydrazine groups is 2. The van der Waals surface area contributed by atoms with Crippen molar-refractivity contribution >= 4 is 11.8 Å². The Kier molecular flexibility index (Phi) is 3.23. The second-order valence-corrected chi connectivity index (χ2v) is 5.90. The fourth-order valence-corrected chi connectivity index (χ4v) is 4.00. The fourth-order valence-electron chi connectivity index (χ4n) is 4.00. The zero-order chi connectivity index (χ0) is 16.8. The van der Waals surface area contributed by atoms with Crippen LogP contribution < -0.4 is 22.5 Å². The molecule has 0 heterocycles. The highest BCUT2D eigenvalue weighted by atomic mass is 16.2. The van der Waals surface area contributed by atoms with Crippen LogP contribution in [0.3, 0.4) is 0 Å². The van der Waals surface area contributed by atoms with Crippen LogP contribution in [0.4, 0.5) is 0 Å². The molecular formula is C18H16N4O2. The zero-order valence-electron chi connectivity index (χ0n) is 12.7. The van der Waals surface area contributed by atoms with Crippen molar-refractivity contribution < 1.29 is 9.59 Å². The SMILES string of the molecule is NNC(=O)C1=C(C(=O)NN)C2c3ccccc3C1c1ccccc12. The number of carbonyl (C=O) groups excluding carboxylic acids is 2. The second-order valence-electron chi connectivity index (χ2n) is 5.90. The molecule has 6 nitrogen and oxygen atoms in total. The average Bonchev–Trinajstić information content (AvgIpc) is 2.66. The van der Waals surface area contributed by atoms with E-state index in [1.54, 1.807) is 0 Å². The molecule has 0 saturated heterocycles. The molecule has 0 aliphatic heterocycles. The Morgan fingerprint density at radius 2 is 0.958 bits per heavy atom. The van der Waals surface area contributed by atoms with Gasteiger partial charge in [-0.3, -0.25) is 20.4 Å². The summed E-state index contributed by atoms with van der Waals surface area (Å²) in [5.74, 6) is 9.16. The predicted molar refractivity (Wildman–Crippen MR) is 88.3 cm³/mol. The summed E-state index contributed by atoms with van der Waals surface area (Å²) in [6.07, 6.45) is 0. The molecular weight excluding hydrogens is 304 g/mol. The highest BCUT2D eigenvalue weighted by Crippen LogP contribution is 2.55. The Morgan fingerprint density at radius 3 is 1.21 bits per heavy atom. The summed E-state index contributed by atoms with van der Waals surface area (Å²) < 4.78 is 0. The molecule has 2 aromatic carbocycles. The number of benzene rings is 2. The summed E-state index contributed by atoms with van der Waals surface area (Å²) in [5, 5.41) is 0. The highest BCUT2D eigenvalue weighted by molar-refractivity contribution is 6.09. The van der Waals surface area contributed by atoms with Crippen LogP contribution in [-0.2, 0) is 9.59 Å². The van der Waals surface area contributed by atoms with E-state index in [1.807, 2.05) is 48.5 Å². The summed E-state index contributed by atoms with van der Waals surface area (Å²) in [7, 11) is 0. The van der Waals surface area contributed by atoms with E-state index in [2.05, 4.69) is 10.9 Å². The van der Waals surface area contributed by atoms with Crippen molar-refractivity contribution in [3.8, 4) is 0 Å². The Labute approximate surface area is 138 Å². The van der Waals surface area contributed by atoms with Gasteiger partial charge in [-0.25, -0.2) is 11.7 Å². The van der Waals surface area contributed by atoms with Crippen molar-refractivity contribution in [2.75, 3.05) is 0 Å². The van der Waals surface area contributed by atoms with Crippen molar-refractivity contribution in [1.82, 2.24) is 10.9 Å². The maximum Gasteiger partial charge on any atom is 0.262 e. The van der Waals surface area contributed by atoms with Crippen molar-refractivity contribution in [3.05, 3.63) is 81.9 Å². The molecule has 3 aliphatic rings. The van der Waals surface area contributed by atoms with Crippen LogP contribution in [0.15, 0.2) is 59.7 Å². The average molecular weight is 320 g/mol. The minimum atomic E-state index is -0.465. The molecule has 5 rings (SSSR count). The fraction of sp³-hybridized carbons (Fsp3) is 0.111. The lowest BCUT2D eigenvalue weighted by Gasteiger charge is -2.42. The van der Waals surface area contributed by atoms with E-state index in [1.165, 1.54) is 0 Å². The number of carbonyl (C=O) groups is 2. The number of hydrogen-bond donors (Lipinski definition) is 4. The lowest BCUT2D eigenvalue weighted by Crippen LogP contribution is -2.44. The molecule has 0 aromatic heterocycles. The Bertz CT molecular complexity index is 784. The van der Waals surface area contributed by atoms with Crippen molar-refractivity contribution in [2.45, 2.75) is 11.8 Å². The maximum absolute atomic E-state index is 12.5. The minimum Gasteiger partial charge on any atom is -0.290 e. The molecule has 0 unspecified atom stereocenters. The molecule has 120 valence electrons. The van der Waals surface area contributed by atoms with E-state index in [0.29, 0.717) is 11.1 Å². The van der Waals surface area contributed by atoms with Crippen LogP contribution in [0.25, 0.3) is 0 Å². The van der Waals surface area contributed by atoms with Crippen molar-refractivity contribution in [3.63, 3.8) is 0 Å². The van der Waals surface area contributed by atoms with E-state index in [4.69, 9.17) is 11.7 Å². The smallest absolute Gasteiger partial charge is 0.262 e. The normalized spacial score (nSPS) is 20.2. The van der Waals surface area contributed by atoms with Crippen LogP contribution in [0.5, 0.6) is 0 Å². The van der Waals surface area contributed by atoms with Gasteiger partial charge in [0.15, 0.2) is 0 Å². The molecule has 0 saturated carbocycles. The summed E-state index contributed by atoms with van der Waals surface area (Å²) in [6.45, 7) is 0. The summed E-state index contributed by atoms with van der Waals surface area (Å²) in [6, 6.07) is 15.7. The molecule has 0 radical (unpaired) electrons. The number of rotatable bonds is 2. The Balaban J connectivity index is 2.08. The summed E-state index contributed by atoms with van der Waals surface area (Å²) in [5.41, 5.74) is 9.16. The van der Waals surface area contributed by atoms with Crippen LogP contribution in [0.2, 0.25) is 0 Å². The van der Waals surface area contributed by atoms with E-state index in [0.717, 1.165) is 22.3 Å². The molecule has 2 amide bonds. The number of amides is 2. The molecule has 2 aromatic rings. The van der Waals surface area contributed by atoms with Gasteiger partial charge in [-0.2, -0.15) is 0 Å². The monoisotopic (exact) mass is 320 g/mol. The predicted octanol–water partition coefficient (Wildman–Crippen LogP) is 0.554. The Hall–Kier alpha value is -2.96. The van der Waals surface area contributed by atoms with E-state index < -0.39 is 11.8 Å². The third-order valence-corrected chi connectivity index (χ3v) is 4.86. The van der Waals surface area contributed by atoms with Gasteiger partial charge in [0.05, 0.1) is 0 Å². The summed E-state index contributed by atoms with van der Waals surface area (Å²) >= 11 is 0. The van der Waals surface area contributed by atoms with Gasteiger partial charge >= 0.3 is 0 Å². The lowest BCUT2D eigenvalue weighted by atomic mass is 9.60. The third kappa shape index (κ3) is 1.78. The molecule has 6 N–H and O–H groups in total. The first-order valence-corrected chi connectivity index (χ1v) is 7.62. The van der Waals surface area contributed by atoms with Crippen LogP contribution >= 0.6 is 0 Å². The third-order valence-electron chi connectivity index (χ3n) is 4.86. The highest BCUT2D eigenvalue weighted by Gasteiger charge is 2.46. The van der Waals surface area contributed by atoms with Gasteiger partial charge in [0.25, 0.3) is 11.8 Å². The summed E-state index contributed by atoms with van der Waals surface area (Å²) in [4.78, 5) is 25.0. The maximum atomic E-state index is 12.5. The first-order valence-electron chi connectivity index (χ1n) is 7.62. The van der Waals surface area contributed by atoms with E-state index in [-0.39, 0.29) is 11.8 Å². The van der Waals surface area contributed by atoms with Gasteiger partial charge < -0.3 is 0 Å². The number of nitrogens with one attached hydrogen (secondary N) is 2. The molecule has 0 fully saturated rings. The zero-order valence-corrected chi connectivity index (χ0v) is 12.7.